The van der Waals surface area contributed by atoms with Crippen LogP contribution in [-0.4, -0.2) is 18.2 Å². The van der Waals surface area contributed by atoms with Crippen LogP contribution in [0.2, 0.25) is 5.02 Å². The molecule has 3 heteroatoms. The number of rotatable bonds is 4. The molecular formula is C17H26ClNO. The van der Waals surface area contributed by atoms with Crippen LogP contribution in [0.25, 0.3) is 0 Å². The summed E-state index contributed by atoms with van der Waals surface area (Å²) in [5.41, 5.74) is 2.53. The van der Waals surface area contributed by atoms with E-state index in [1.807, 2.05) is 12.1 Å². The number of hydrogen-bond acceptors (Lipinski definition) is 2. The summed E-state index contributed by atoms with van der Waals surface area (Å²) in [7, 11) is 0. The van der Waals surface area contributed by atoms with Gasteiger partial charge in [0.1, 0.15) is 0 Å². The summed E-state index contributed by atoms with van der Waals surface area (Å²) in [6, 6.07) is 6.02. The van der Waals surface area contributed by atoms with E-state index in [-0.39, 0.29) is 0 Å². The van der Waals surface area contributed by atoms with Gasteiger partial charge in [-0.1, -0.05) is 44.4 Å². The highest BCUT2D eigenvalue weighted by Gasteiger charge is 2.31. The Morgan fingerprint density at radius 3 is 2.30 bits per heavy atom. The third kappa shape index (κ3) is 3.12. The van der Waals surface area contributed by atoms with Crippen LogP contribution in [0.5, 0.6) is 0 Å². The topological polar surface area (TPSA) is 23.5 Å². The average molecular weight is 296 g/mol. The lowest BCUT2D eigenvalue weighted by Gasteiger charge is -2.42. The number of piperidine rings is 1. The highest BCUT2D eigenvalue weighted by Crippen LogP contribution is 2.39. The molecule has 1 aromatic carbocycles. The Morgan fingerprint density at radius 2 is 1.85 bits per heavy atom. The molecule has 20 heavy (non-hydrogen) atoms. The Bertz CT molecular complexity index is 444. The SMILES string of the molecule is CCC1(CC)CCN(c2ccc(C(C)O)c(Cl)c2)CC1. The molecule has 0 aliphatic carbocycles. The summed E-state index contributed by atoms with van der Waals surface area (Å²) in [5.74, 6) is 0. The van der Waals surface area contributed by atoms with E-state index in [4.69, 9.17) is 11.6 Å². The first-order chi connectivity index (χ1) is 9.51. The molecule has 112 valence electrons. The van der Waals surface area contributed by atoms with Crippen molar-refractivity contribution in [3.8, 4) is 0 Å². The lowest BCUT2D eigenvalue weighted by Crippen LogP contribution is -2.39. The van der Waals surface area contributed by atoms with Gasteiger partial charge in [0.2, 0.25) is 0 Å². The average Bonchev–Trinajstić information content (AvgIpc) is 2.47. The zero-order chi connectivity index (χ0) is 14.8. The van der Waals surface area contributed by atoms with Gasteiger partial charge in [-0.15, -0.1) is 0 Å². The molecule has 1 aromatic rings. The van der Waals surface area contributed by atoms with Crippen LogP contribution in [-0.2, 0) is 0 Å². The smallest absolute Gasteiger partial charge is 0.0776 e. The highest BCUT2D eigenvalue weighted by atomic mass is 35.5. The van der Waals surface area contributed by atoms with E-state index in [2.05, 4.69) is 24.8 Å². The van der Waals surface area contributed by atoms with Crippen molar-refractivity contribution in [1.82, 2.24) is 0 Å². The van der Waals surface area contributed by atoms with Gasteiger partial charge in [-0.25, -0.2) is 0 Å². The number of nitrogens with zero attached hydrogens (tertiary/aromatic N) is 1. The number of aliphatic hydroxyl groups is 1. The molecular weight excluding hydrogens is 270 g/mol. The van der Waals surface area contributed by atoms with Crippen molar-refractivity contribution in [1.29, 1.82) is 0 Å². The van der Waals surface area contributed by atoms with Crippen LogP contribution in [0.1, 0.15) is 58.1 Å². The van der Waals surface area contributed by atoms with Gasteiger partial charge >= 0.3 is 0 Å². The third-order valence-electron chi connectivity index (χ3n) is 5.12. The monoisotopic (exact) mass is 295 g/mol. The van der Waals surface area contributed by atoms with Crippen LogP contribution in [0, 0.1) is 5.41 Å². The maximum atomic E-state index is 9.64. The fourth-order valence-corrected chi connectivity index (χ4v) is 3.58. The maximum Gasteiger partial charge on any atom is 0.0776 e. The summed E-state index contributed by atoms with van der Waals surface area (Å²) in [5, 5.41) is 10.3. The minimum absolute atomic E-state index is 0.509. The van der Waals surface area contributed by atoms with Crippen molar-refractivity contribution in [2.75, 3.05) is 18.0 Å². The molecule has 1 atom stereocenters. The van der Waals surface area contributed by atoms with Gasteiger partial charge in [0, 0.05) is 23.8 Å². The third-order valence-corrected chi connectivity index (χ3v) is 5.45. The zero-order valence-electron chi connectivity index (χ0n) is 12.8. The molecule has 0 spiro atoms. The van der Waals surface area contributed by atoms with E-state index in [0.29, 0.717) is 10.4 Å². The minimum Gasteiger partial charge on any atom is -0.389 e. The van der Waals surface area contributed by atoms with Crippen LogP contribution in [0.15, 0.2) is 18.2 Å². The molecule has 1 unspecified atom stereocenters. The van der Waals surface area contributed by atoms with E-state index in [1.165, 1.54) is 31.4 Å². The highest BCUT2D eigenvalue weighted by molar-refractivity contribution is 6.31. The Balaban J connectivity index is 2.09. The Kier molecular flexibility index (Phi) is 4.98. The van der Waals surface area contributed by atoms with Gasteiger partial charge < -0.3 is 10.0 Å². The first-order valence-corrected chi connectivity index (χ1v) is 8.11. The van der Waals surface area contributed by atoms with Crippen LogP contribution in [0.4, 0.5) is 5.69 Å². The second-order valence-corrected chi connectivity index (χ2v) is 6.48. The quantitative estimate of drug-likeness (QED) is 0.862. The molecule has 1 aliphatic heterocycles. The van der Waals surface area contributed by atoms with E-state index in [1.54, 1.807) is 6.92 Å². The molecule has 1 N–H and O–H groups in total. The van der Waals surface area contributed by atoms with Crippen LogP contribution >= 0.6 is 11.6 Å². The molecule has 0 saturated carbocycles. The summed E-state index contributed by atoms with van der Waals surface area (Å²) < 4.78 is 0. The second-order valence-electron chi connectivity index (χ2n) is 6.08. The van der Waals surface area contributed by atoms with Crippen LogP contribution in [0.3, 0.4) is 0 Å². The molecule has 1 fully saturated rings. The van der Waals surface area contributed by atoms with E-state index < -0.39 is 6.10 Å². The van der Waals surface area contributed by atoms with E-state index in [0.717, 1.165) is 18.7 Å². The number of aliphatic hydroxyl groups excluding tert-OH is 1. The van der Waals surface area contributed by atoms with Crippen molar-refractivity contribution >= 4 is 17.3 Å². The van der Waals surface area contributed by atoms with Gasteiger partial charge in [-0.2, -0.15) is 0 Å². The van der Waals surface area contributed by atoms with E-state index >= 15 is 0 Å². The second kappa shape index (κ2) is 6.36. The fraction of sp³-hybridized carbons (Fsp3) is 0.647. The van der Waals surface area contributed by atoms with Crippen molar-refractivity contribution in [2.24, 2.45) is 5.41 Å². The standard InChI is InChI=1S/C17H26ClNO/c1-4-17(5-2)8-10-19(11-9-17)14-6-7-15(13(3)20)16(18)12-14/h6-7,12-13,20H,4-5,8-11H2,1-3H3. The predicted octanol–water partition coefficient (Wildman–Crippen LogP) is 4.80. The lowest BCUT2D eigenvalue weighted by atomic mass is 9.74. The Hall–Kier alpha value is -0.730. The fourth-order valence-electron chi connectivity index (χ4n) is 3.25. The minimum atomic E-state index is -0.509. The molecule has 0 aromatic heterocycles. The molecule has 1 saturated heterocycles. The van der Waals surface area contributed by atoms with Crippen molar-refractivity contribution in [3.63, 3.8) is 0 Å². The molecule has 0 amide bonds. The zero-order valence-corrected chi connectivity index (χ0v) is 13.6. The van der Waals surface area contributed by atoms with Gasteiger partial charge in [0.25, 0.3) is 0 Å². The predicted molar refractivity (Wildman–Crippen MR) is 86.5 cm³/mol. The molecule has 1 aliphatic rings. The van der Waals surface area contributed by atoms with Gasteiger partial charge in [0.05, 0.1) is 6.10 Å². The molecule has 2 rings (SSSR count). The molecule has 0 bridgehead atoms. The first kappa shape index (κ1) is 15.7. The number of hydrogen-bond donors (Lipinski definition) is 1. The largest absolute Gasteiger partial charge is 0.389 e. The maximum absolute atomic E-state index is 9.64. The Labute approximate surface area is 127 Å². The molecule has 0 radical (unpaired) electrons. The summed E-state index contributed by atoms with van der Waals surface area (Å²) in [4.78, 5) is 2.42. The summed E-state index contributed by atoms with van der Waals surface area (Å²) in [6.45, 7) is 8.58. The lowest BCUT2D eigenvalue weighted by molar-refractivity contribution is 0.198. The number of halogens is 1. The molecule has 1 heterocycles. The number of anilines is 1. The first-order valence-electron chi connectivity index (χ1n) is 7.74. The normalized spacial score (nSPS) is 19.9. The van der Waals surface area contributed by atoms with Gasteiger partial charge in [-0.3, -0.25) is 0 Å². The van der Waals surface area contributed by atoms with E-state index in [9.17, 15) is 5.11 Å². The van der Waals surface area contributed by atoms with Gasteiger partial charge in [0.15, 0.2) is 0 Å². The molecule has 2 nitrogen and oxygen atoms in total. The van der Waals surface area contributed by atoms with Gasteiger partial charge in [-0.05, 0) is 42.9 Å². The summed E-state index contributed by atoms with van der Waals surface area (Å²) >= 11 is 6.27. The van der Waals surface area contributed by atoms with Crippen molar-refractivity contribution in [3.05, 3.63) is 28.8 Å². The van der Waals surface area contributed by atoms with Crippen molar-refractivity contribution < 1.29 is 5.11 Å². The summed E-state index contributed by atoms with van der Waals surface area (Å²) in [6.07, 6.45) is 4.56. The van der Waals surface area contributed by atoms with Crippen LogP contribution < -0.4 is 4.90 Å². The number of benzene rings is 1. The van der Waals surface area contributed by atoms with Crippen molar-refractivity contribution in [2.45, 2.75) is 52.6 Å². The Morgan fingerprint density at radius 1 is 1.25 bits per heavy atom.